The van der Waals surface area contributed by atoms with E-state index in [-0.39, 0.29) is 12.1 Å². The molecule has 0 aromatic carbocycles. The lowest BCUT2D eigenvalue weighted by atomic mass is 9.81. The Morgan fingerprint density at radius 3 is 2.61 bits per heavy atom. The van der Waals surface area contributed by atoms with Crippen LogP contribution in [0.25, 0.3) is 0 Å². The molecule has 0 amide bonds. The number of aromatic nitrogens is 2. The summed E-state index contributed by atoms with van der Waals surface area (Å²) in [5.41, 5.74) is 24.7. The van der Waals surface area contributed by atoms with Gasteiger partial charge in [0.25, 0.3) is 0 Å². The Labute approximate surface area is 106 Å². The fraction of sp³-hybridized carbons (Fsp3) is 0.417. The topological polar surface area (TPSA) is 122 Å². The minimum atomic E-state index is -0.907. The zero-order valence-electron chi connectivity index (χ0n) is 10.7. The second kappa shape index (κ2) is 4.15. The quantitative estimate of drug-likeness (QED) is 0.584. The van der Waals surface area contributed by atoms with E-state index in [2.05, 4.69) is 5.10 Å². The highest BCUT2D eigenvalue weighted by molar-refractivity contribution is 5.51. The predicted molar refractivity (Wildman–Crippen MR) is 72.3 cm³/mol. The van der Waals surface area contributed by atoms with Gasteiger partial charge in [0.1, 0.15) is 5.82 Å². The van der Waals surface area contributed by atoms with E-state index < -0.39 is 5.54 Å². The van der Waals surface area contributed by atoms with Gasteiger partial charge in [-0.05, 0) is 26.0 Å². The first-order valence-corrected chi connectivity index (χ1v) is 5.90. The van der Waals surface area contributed by atoms with E-state index in [9.17, 15) is 0 Å². The Kier molecular flexibility index (Phi) is 2.92. The van der Waals surface area contributed by atoms with Crippen LogP contribution in [0.4, 0.5) is 5.82 Å². The second-order valence-electron chi connectivity index (χ2n) is 4.94. The van der Waals surface area contributed by atoms with E-state index in [1.807, 2.05) is 13.8 Å². The Hall–Kier alpha value is -1.79. The van der Waals surface area contributed by atoms with Gasteiger partial charge >= 0.3 is 0 Å². The van der Waals surface area contributed by atoms with Gasteiger partial charge in [0.15, 0.2) is 0 Å². The number of hydrogen-bond acceptors (Lipinski definition) is 5. The smallest absolute Gasteiger partial charge is 0.127 e. The van der Waals surface area contributed by atoms with Crippen molar-refractivity contribution in [2.75, 3.05) is 5.73 Å². The molecular formula is C12H20N6. The fourth-order valence-corrected chi connectivity index (χ4v) is 2.17. The lowest BCUT2D eigenvalue weighted by molar-refractivity contribution is 0.488. The molecule has 18 heavy (non-hydrogen) atoms. The van der Waals surface area contributed by atoms with Crippen LogP contribution in [0.1, 0.15) is 25.5 Å². The molecule has 0 radical (unpaired) electrons. The standard InChI is InChI=1S/C12H20N6/c1-7(2)18-11(15)9(6-17-18)12(16)5-8(13)3-4-10(12)14/h3-7,10H,13-16H2,1-2H3. The molecule has 0 aliphatic heterocycles. The summed E-state index contributed by atoms with van der Waals surface area (Å²) in [5, 5.41) is 4.26. The number of anilines is 1. The lowest BCUT2D eigenvalue weighted by Gasteiger charge is -2.33. The number of rotatable bonds is 2. The summed E-state index contributed by atoms with van der Waals surface area (Å²) in [5.74, 6) is 0.530. The maximum absolute atomic E-state index is 6.36. The minimum Gasteiger partial charge on any atom is -0.399 e. The second-order valence-corrected chi connectivity index (χ2v) is 4.94. The molecule has 0 bridgehead atoms. The molecule has 6 nitrogen and oxygen atoms in total. The lowest BCUT2D eigenvalue weighted by Crippen LogP contribution is -2.52. The normalized spacial score (nSPS) is 27.6. The summed E-state index contributed by atoms with van der Waals surface area (Å²) in [6.07, 6.45) is 6.92. The molecule has 2 atom stereocenters. The molecule has 0 spiro atoms. The fourth-order valence-electron chi connectivity index (χ4n) is 2.17. The molecule has 8 N–H and O–H groups in total. The van der Waals surface area contributed by atoms with E-state index in [1.165, 1.54) is 0 Å². The molecule has 1 aromatic rings. The zero-order valence-corrected chi connectivity index (χ0v) is 10.7. The Morgan fingerprint density at radius 1 is 1.39 bits per heavy atom. The SMILES string of the molecule is CC(C)n1ncc(C2(N)C=C(N)C=CC2N)c1N. The molecule has 2 unspecified atom stereocenters. The van der Waals surface area contributed by atoms with Crippen molar-refractivity contribution in [3.05, 3.63) is 35.7 Å². The van der Waals surface area contributed by atoms with E-state index in [0.29, 0.717) is 17.1 Å². The number of nitrogen functional groups attached to an aromatic ring is 1. The van der Waals surface area contributed by atoms with Gasteiger partial charge in [0, 0.05) is 23.3 Å². The average Bonchev–Trinajstić information content (AvgIpc) is 2.66. The molecule has 0 saturated carbocycles. The number of allylic oxidation sites excluding steroid dienone is 1. The first kappa shape index (κ1) is 12.7. The molecule has 1 aromatic heterocycles. The van der Waals surface area contributed by atoms with Gasteiger partial charge in [-0.15, -0.1) is 0 Å². The molecule has 1 aliphatic rings. The molecular weight excluding hydrogens is 228 g/mol. The van der Waals surface area contributed by atoms with Crippen LogP contribution in [0.15, 0.2) is 30.1 Å². The summed E-state index contributed by atoms with van der Waals surface area (Å²) in [6.45, 7) is 4.00. The van der Waals surface area contributed by atoms with Gasteiger partial charge in [-0.25, -0.2) is 4.68 Å². The van der Waals surface area contributed by atoms with Crippen LogP contribution in [0.2, 0.25) is 0 Å². The third-order valence-electron chi connectivity index (χ3n) is 3.24. The van der Waals surface area contributed by atoms with Gasteiger partial charge in [-0.3, -0.25) is 0 Å². The average molecular weight is 248 g/mol. The van der Waals surface area contributed by atoms with Gasteiger partial charge in [-0.1, -0.05) is 6.08 Å². The summed E-state index contributed by atoms with van der Waals surface area (Å²) >= 11 is 0. The molecule has 0 saturated heterocycles. The van der Waals surface area contributed by atoms with Crippen molar-refractivity contribution in [1.82, 2.24) is 9.78 Å². The zero-order chi connectivity index (χ0) is 13.5. The van der Waals surface area contributed by atoms with Crippen molar-refractivity contribution < 1.29 is 0 Å². The van der Waals surface area contributed by atoms with Crippen molar-refractivity contribution in [1.29, 1.82) is 0 Å². The maximum atomic E-state index is 6.36. The van der Waals surface area contributed by atoms with Gasteiger partial charge in [0.2, 0.25) is 0 Å². The van der Waals surface area contributed by atoms with Crippen LogP contribution in [0.5, 0.6) is 0 Å². The van der Waals surface area contributed by atoms with E-state index in [1.54, 1.807) is 29.1 Å². The van der Waals surface area contributed by atoms with Crippen molar-refractivity contribution in [2.24, 2.45) is 17.2 Å². The summed E-state index contributed by atoms with van der Waals surface area (Å²) < 4.78 is 1.72. The molecule has 1 aliphatic carbocycles. The predicted octanol–water partition coefficient (Wildman–Crippen LogP) is -0.0601. The van der Waals surface area contributed by atoms with E-state index in [4.69, 9.17) is 22.9 Å². The molecule has 0 fully saturated rings. The first-order valence-electron chi connectivity index (χ1n) is 5.90. The van der Waals surface area contributed by atoms with Crippen LogP contribution in [0, 0.1) is 0 Å². The van der Waals surface area contributed by atoms with E-state index in [0.717, 1.165) is 0 Å². The molecule has 6 heteroatoms. The van der Waals surface area contributed by atoms with E-state index >= 15 is 0 Å². The van der Waals surface area contributed by atoms with Crippen molar-refractivity contribution >= 4 is 5.82 Å². The van der Waals surface area contributed by atoms with Gasteiger partial charge < -0.3 is 22.9 Å². The van der Waals surface area contributed by atoms with Crippen LogP contribution < -0.4 is 22.9 Å². The highest BCUT2D eigenvalue weighted by Gasteiger charge is 2.36. The largest absolute Gasteiger partial charge is 0.399 e. The van der Waals surface area contributed by atoms with Crippen LogP contribution in [-0.4, -0.2) is 15.8 Å². The monoisotopic (exact) mass is 248 g/mol. The van der Waals surface area contributed by atoms with Crippen LogP contribution in [-0.2, 0) is 5.54 Å². The number of hydrogen-bond donors (Lipinski definition) is 4. The summed E-state index contributed by atoms with van der Waals surface area (Å²) in [7, 11) is 0. The van der Waals surface area contributed by atoms with Crippen LogP contribution >= 0.6 is 0 Å². The third kappa shape index (κ3) is 1.79. The third-order valence-corrected chi connectivity index (χ3v) is 3.24. The van der Waals surface area contributed by atoms with Crippen molar-refractivity contribution in [3.8, 4) is 0 Å². The number of nitrogens with two attached hydrogens (primary N) is 4. The molecule has 2 rings (SSSR count). The molecule has 1 heterocycles. The Bertz CT molecular complexity index is 513. The first-order chi connectivity index (χ1) is 8.36. The van der Waals surface area contributed by atoms with Crippen molar-refractivity contribution in [3.63, 3.8) is 0 Å². The maximum Gasteiger partial charge on any atom is 0.127 e. The van der Waals surface area contributed by atoms with Crippen molar-refractivity contribution in [2.45, 2.75) is 31.5 Å². The van der Waals surface area contributed by atoms with Crippen LogP contribution in [0.3, 0.4) is 0 Å². The summed E-state index contributed by atoms with van der Waals surface area (Å²) in [4.78, 5) is 0. The Morgan fingerprint density at radius 2 is 2.06 bits per heavy atom. The van der Waals surface area contributed by atoms with Gasteiger partial charge in [0.05, 0.1) is 11.7 Å². The Balaban J connectivity index is 2.51. The highest BCUT2D eigenvalue weighted by Crippen LogP contribution is 2.32. The number of nitrogens with zero attached hydrogens (tertiary/aromatic N) is 2. The molecule has 98 valence electrons. The minimum absolute atomic E-state index is 0.166. The van der Waals surface area contributed by atoms with Gasteiger partial charge in [-0.2, -0.15) is 5.10 Å². The highest BCUT2D eigenvalue weighted by atomic mass is 15.3. The summed E-state index contributed by atoms with van der Waals surface area (Å²) in [6, 6.07) is -0.212.